The molecule has 5 rings (SSSR count). The number of thiophene rings is 1. The van der Waals surface area contributed by atoms with Crippen LogP contribution in [0.25, 0.3) is 21.8 Å². The van der Waals surface area contributed by atoms with E-state index in [1.807, 2.05) is 42.0 Å². The lowest BCUT2D eigenvalue weighted by atomic mass is 10.1. The Bertz CT molecular complexity index is 1140. The van der Waals surface area contributed by atoms with Gasteiger partial charge in [-0.15, -0.1) is 34.4 Å². The van der Waals surface area contributed by atoms with Crippen molar-refractivity contribution in [2.75, 3.05) is 6.26 Å². The van der Waals surface area contributed by atoms with Gasteiger partial charge in [-0.2, -0.15) is 0 Å². The van der Waals surface area contributed by atoms with Crippen molar-refractivity contribution in [1.82, 2.24) is 4.98 Å². The number of hydrogen-bond acceptors (Lipinski definition) is 5. The number of aromatic nitrogens is 1. The van der Waals surface area contributed by atoms with Crippen LogP contribution in [0.3, 0.4) is 0 Å². The van der Waals surface area contributed by atoms with Gasteiger partial charge in [0.15, 0.2) is 0 Å². The molecule has 2 heterocycles. The molecule has 0 saturated carbocycles. The number of benzene rings is 2. The molecule has 0 unspecified atom stereocenters. The third kappa shape index (κ3) is 3.69. The first-order valence-corrected chi connectivity index (χ1v) is 11.2. The van der Waals surface area contributed by atoms with E-state index in [-0.39, 0.29) is 5.84 Å². The topological polar surface area (TPSA) is 62.8 Å². The van der Waals surface area contributed by atoms with Gasteiger partial charge in [-0.25, -0.2) is 4.98 Å². The number of amidine groups is 1. The molecule has 3 N–H and O–H groups in total. The summed E-state index contributed by atoms with van der Waals surface area (Å²) in [6, 6.07) is 20.7. The number of thiazole rings is 1. The predicted octanol–water partition coefficient (Wildman–Crippen LogP) is 5.83. The van der Waals surface area contributed by atoms with E-state index in [1.54, 1.807) is 34.4 Å². The van der Waals surface area contributed by atoms with Crippen molar-refractivity contribution in [1.29, 1.82) is 5.41 Å². The summed E-state index contributed by atoms with van der Waals surface area (Å²) in [6.45, 7) is 0. The number of nitrogen functional groups attached to an aromatic ring is 1. The Kier molecular flexibility index (Phi) is 5.11. The van der Waals surface area contributed by atoms with E-state index < -0.39 is 0 Å². The fourth-order valence-corrected chi connectivity index (χ4v) is 5.12. The summed E-state index contributed by atoms with van der Waals surface area (Å²) in [4.78, 5) is 5.50. The lowest BCUT2D eigenvalue weighted by Crippen LogP contribution is -2.09. The molecule has 6 heteroatoms. The van der Waals surface area contributed by atoms with Crippen LogP contribution in [0.2, 0.25) is 0 Å². The maximum absolute atomic E-state index is 7.74. The van der Waals surface area contributed by atoms with Crippen LogP contribution in [0.1, 0.15) is 4.88 Å². The molecule has 0 spiro atoms. The van der Waals surface area contributed by atoms with Gasteiger partial charge in [0.2, 0.25) is 0 Å². The molecule has 0 saturated heterocycles. The summed E-state index contributed by atoms with van der Waals surface area (Å²) < 4.78 is 1.15. The molecule has 2 aromatic heterocycles. The van der Waals surface area contributed by atoms with Crippen LogP contribution >= 0.6 is 34.4 Å². The van der Waals surface area contributed by atoms with Crippen molar-refractivity contribution < 1.29 is 0 Å². The molecule has 2 aliphatic rings. The Balaban J connectivity index is 0.000000250. The average molecular weight is 408 g/mol. The van der Waals surface area contributed by atoms with Crippen LogP contribution in [0.5, 0.6) is 0 Å². The van der Waals surface area contributed by atoms with Crippen molar-refractivity contribution in [2.24, 2.45) is 5.73 Å². The quantitative estimate of drug-likeness (QED) is 0.224. The molecule has 3 nitrogen and oxygen atoms in total. The predicted molar refractivity (Wildman–Crippen MR) is 118 cm³/mol. The maximum Gasteiger partial charge on any atom is 0.133 e. The standard InChI is InChI=1S/C15H13N3S3.C6H4/c1-19-12-7-10(13(21-12)14(16)17)15-18-11(8-20-15)9-5-3-2-4-6-9;1-2-6-4-3-5(1)6/h2-8H,1H3,(H3,16,17);1-4H. The number of rotatable bonds is 4. The average Bonchev–Trinajstić information content (AvgIpc) is 3.32. The second-order valence-corrected chi connectivity index (χ2v) is 8.92. The first-order chi connectivity index (χ1) is 13.2. The fourth-order valence-electron chi connectivity index (χ4n) is 2.63. The van der Waals surface area contributed by atoms with Gasteiger partial charge in [-0.05, 0) is 22.8 Å². The van der Waals surface area contributed by atoms with E-state index in [0.717, 1.165) is 30.9 Å². The van der Waals surface area contributed by atoms with Gasteiger partial charge in [-0.1, -0.05) is 54.6 Å². The SMILES string of the molecule is CSc1cc(-c2nc(-c3ccccc3)cs2)c(C(=N)N)s1.c1cc2ccc1=2. The molecule has 0 bridgehead atoms. The molecule has 0 amide bonds. The molecular weight excluding hydrogens is 390 g/mol. The largest absolute Gasteiger partial charge is 0.383 e. The molecule has 3 aromatic rings. The molecular formula is C21H17N3S3. The molecule has 0 aliphatic heterocycles. The summed E-state index contributed by atoms with van der Waals surface area (Å²) in [6.07, 6.45) is 2.02. The second kappa shape index (κ2) is 7.68. The van der Waals surface area contributed by atoms with E-state index in [1.165, 1.54) is 10.4 Å². The Morgan fingerprint density at radius 3 is 2.22 bits per heavy atom. The van der Waals surface area contributed by atoms with Crippen LogP contribution in [0.15, 0.2) is 70.3 Å². The number of nitrogens with one attached hydrogen (secondary N) is 1. The van der Waals surface area contributed by atoms with E-state index >= 15 is 0 Å². The Morgan fingerprint density at radius 1 is 1.04 bits per heavy atom. The number of thioether (sulfide) groups is 1. The highest BCUT2D eigenvalue weighted by molar-refractivity contribution is 8.00. The van der Waals surface area contributed by atoms with Crippen molar-refractivity contribution in [3.63, 3.8) is 0 Å². The van der Waals surface area contributed by atoms with E-state index in [2.05, 4.69) is 30.3 Å². The Labute approximate surface area is 169 Å². The van der Waals surface area contributed by atoms with Crippen LogP contribution < -0.4 is 5.73 Å². The highest BCUT2D eigenvalue weighted by Crippen LogP contribution is 2.38. The molecule has 1 aromatic carbocycles. The third-order valence-electron chi connectivity index (χ3n) is 4.18. The highest BCUT2D eigenvalue weighted by atomic mass is 32.2. The van der Waals surface area contributed by atoms with Crippen molar-refractivity contribution in [2.45, 2.75) is 4.21 Å². The van der Waals surface area contributed by atoms with Gasteiger partial charge >= 0.3 is 0 Å². The first kappa shape index (κ1) is 18.0. The van der Waals surface area contributed by atoms with Gasteiger partial charge in [0.25, 0.3) is 0 Å². The number of hydrogen-bond donors (Lipinski definition) is 2. The lowest BCUT2D eigenvalue weighted by molar-refractivity contribution is 1.38. The van der Waals surface area contributed by atoms with Crippen molar-refractivity contribution in [3.8, 4) is 21.8 Å². The maximum atomic E-state index is 7.74. The lowest BCUT2D eigenvalue weighted by Gasteiger charge is -1.97. The number of nitrogens with two attached hydrogens (primary N) is 1. The summed E-state index contributed by atoms with van der Waals surface area (Å²) in [7, 11) is 0. The van der Waals surface area contributed by atoms with Gasteiger partial charge in [0, 0.05) is 16.5 Å². The van der Waals surface area contributed by atoms with Gasteiger partial charge in [0.1, 0.15) is 10.8 Å². The monoisotopic (exact) mass is 407 g/mol. The first-order valence-electron chi connectivity index (χ1n) is 8.29. The summed E-state index contributed by atoms with van der Waals surface area (Å²) >= 11 is 4.80. The zero-order chi connectivity index (χ0) is 18.8. The smallest absolute Gasteiger partial charge is 0.133 e. The Morgan fingerprint density at radius 2 is 1.70 bits per heavy atom. The van der Waals surface area contributed by atoms with Crippen LogP contribution in [-0.2, 0) is 0 Å². The zero-order valence-corrected chi connectivity index (χ0v) is 17.0. The number of nitrogens with zero attached hydrogens (tertiary/aromatic N) is 1. The molecule has 0 fully saturated rings. The fraction of sp³-hybridized carbons (Fsp3) is 0.0476. The van der Waals surface area contributed by atoms with E-state index in [4.69, 9.17) is 16.1 Å². The van der Waals surface area contributed by atoms with Crippen molar-refractivity contribution in [3.05, 3.63) is 81.4 Å². The summed E-state index contributed by atoms with van der Waals surface area (Å²) in [5.41, 5.74) is 8.72. The van der Waals surface area contributed by atoms with Gasteiger partial charge in [0.05, 0.1) is 14.8 Å². The molecule has 0 radical (unpaired) electrons. The Hall–Kier alpha value is -2.41. The van der Waals surface area contributed by atoms with Crippen LogP contribution in [-0.4, -0.2) is 17.1 Å². The van der Waals surface area contributed by atoms with Crippen LogP contribution in [0.4, 0.5) is 0 Å². The zero-order valence-electron chi connectivity index (χ0n) is 14.6. The molecule has 0 atom stereocenters. The molecule has 134 valence electrons. The minimum absolute atomic E-state index is 0.103. The minimum Gasteiger partial charge on any atom is -0.383 e. The van der Waals surface area contributed by atoms with E-state index in [9.17, 15) is 0 Å². The molecule has 2 aliphatic carbocycles. The summed E-state index contributed by atoms with van der Waals surface area (Å²) in [5, 5.41) is 13.6. The minimum atomic E-state index is 0.103. The second-order valence-electron chi connectivity index (χ2n) is 5.91. The van der Waals surface area contributed by atoms with Crippen LogP contribution in [0, 0.1) is 15.8 Å². The van der Waals surface area contributed by atoms with Gasteiger partial charge < -0.3 is 5.73 Å². The molecule has 27 heavy (non-hydrogen) atoms. The normalized spacial score (nSPS) is 10.9. The van der Waals surface area contributed by atoms with Gasteiger partial charge in [-0.3, -0.25) is 5.41 Å². The van der Waals surface area contributed by atoms with Crippen molar-refractivity contribution >= 4 is 40.3 Å². The highest BCUT2D eigenvalue weighted by Gasteiger charge is 2.16. The van der Waals surface area contributed by atoms with E-state index in [0.29, 0.717) is 0 Å². The summed E-state index contributed by atoms with van der Waals surface area (Å²) in [5.74, 6) is 0.103. The third-order valence-corrected chi connectivity index (χ3v) is 7.29.